The van der Waals surface area contributed by atoms with Crippen molar-refractivity contribution in [2.24, 2.45) is 0 Å². The van der Waals surface area contributed by atoms with Crippen LogP contribution in [0.4, 0.5) is 5.69 Å². The van der Waals surface area contributed by atoms with Crippen LogP contribution in [-0.2, 0) is 4.74 Å². The standard InChI is InChI=1S/C13H15ClN2O5/c1-20-12-6-9(2-3-11(12)16(18)19)13(17)15-4-5-21-8-10(15)7-14/h2-3,6,10H,4-5,7-8H2,1H3. The van der Waals surface area contributed by atoms with Crippen molar-refractivity contribution in [1.82, 2.24) is 4.90 Å². The molecule has 1 unspecified atom stereocenters. The molecule has 1 aromatic carbocycles. The molecule has 1 aliphatic rings. The van der Waals surface area contributed by atoms with Crippen molar-refractivity contribution in [2.75, 3.05) is 32.7 Å². The SMILES string of the molecule is COc1cc(C(=O)N2CCOCC2CCl)ccc1[N+](=O)[O-]. The van der Waals surface area contributed by atoms with Crippen molar-refractivity contribution in [3.63, 3.8) is 0 Å². The van der Waals surface area contributed by atoms with Crippen LogP contribution in [0, 0.1) is 10.1 Å². The lowest BCUT2D eigenvalue weighted by Gasteiger charge is -2.34. The van der Waals surface area contributed by atoms with Gasteiger partial charge in [-0.3, -0.25) is 14.9 Å². The summed E-state index contributed by atoms with van der Waals surface area (Å²) in [5.74, 6) is 0.0919. The van der Waals surface area contributed by atoms with E-state index in [1.54, 1.807) is 4.90 Å². The van der Waals surface area contributed by atoms with E-state index in [1.807, 2.05) is 0 Å². The molecule has 1 amide bonds. The number of alkyl halides is 1. The van der Waals surface area contributed by atoms with Crippen molar-refractivity contribution in [3.8, 4) is 5.75 Å². The Kier molecular flexibility index (Phi) is 4.98. The third kappa shape index (κ3) is 3.25. The van der Waals surface area contributed by atoms with E-state index >= 15 is 0 Å². The summed E-state index contributed by atoms with van der Waals surface area (Å²) in [5.41, 5.74) is 0.152. The molecular formula is C13H15ClN2O5. The first-order valence-corrected chi connectivity index (χ1v) is 6.89. The highest BCUT2D eigenvalue weighted by atomic mass is 35.5. The number of nitro benzene ring substituents is 1. The number of hydrogen-bond donors (Lipinski definition) is 0. The molecule has 1 heterocycles. The van der Waals surface area contributed by atoms with Crippen LogP contribution in [0.15, 0.2) is 18.2 Å². The number of ether oxygens (including phenoxy) is 2. The van der Waals surface area contributed by atoms with E-state index < -0.39 is 4.92 Å². The minimum atomic E-state index is -0.552. The largest absolute Gasteiger partial charge is 0.490 e. The van der Waals surface area contributed by atoms with Gasteiger partial charge in [-0.1, -0.05) is 0 Å². The van der Waals surface area contributed by atoms with Gasteiger partial charge in [-0.05, 0) is 6.07 Å². The number of carbonyl (C=O) groups is 1. The van der Waals surface area contributed by atoms with Crippen molar-refractivity contribution in [3.05, 3.63) is 33.9 Å². The van der Waals surface area contributed by atoms with Crippen LogP contribution in [0.2, 0.25) is 0 Å². The second-order valence-corrected chi connectivity index (χ2v) is 4.83. The van der Waals surface area contributed by atoms with Crippen LogP contribution >= 0.6 is 11.6 Å². The van der Waals surface area contributed by atoms with E-state index in [9.17, 15) is 14.9 Å². The highest BCUT2D eigenvalue weighted by Crippen LogP contribution is 2.28. The maximum absolute atomic E-state index is 12.5. The quantitative estimate of drug-likeness (QED) is 0.480. The maximum atomic E-state index is 12.5. The molecule has 0 spiro atoms. The molecule has 1 aliphatic heterocycles. The molecule has 0 aromatic heterocycles. The normalized spacial score (nSPS) is 18.4. The average Bonchev–Trinajstić information content (AvgIpc) is 2.53. The summed E-state index contributed by atoms with van der Waals surface area (Å²) >= 11 is 5.84. The maximum Gasteiger partial charge on any atom is 0.310 e. The predicted molar refractivity (Wildman–Crippen MR) is 76.0 cm³/mol. The van der Waals surface area contributed by atoms with Gasteiger partial charge in [0.15, 0.2) is 5.75 Å². The molecule has 114 valence electrons. The van der Waals surface area contributed by atoms with Gasteiger partial charge < -0.3 is 14.4 Å². The third-order valence-corrected chi connectivity index (χ3v) is 3.65. The van der Waals surface area contributed by atoms with Crippen molar-refractivity contribution >= 4 is 23.2 Å². The van der Waals surface area contributed by atoms with Crippen LogP contribution in [0.5, 0.6) is 5.75 Å². The zero-order valence-corrected chi connectivity index (χ0v) is 12.2. The molecular weight excluding hydrogens is 300 g/mol. The average molecular weight is 315 g/mol. The first-order chi connectivity index (χ1) is 10.1. The fraction of sp³-hybridized carbons (Fsp3) is 0.462. The van der Waals surface area contributed by atoms with Crippen LogP contribution < -0.4 is 4.74 Å². The number of hydrogen-bond acceptors (Lipinski definition) is 5. The van der Waals surface area contributed by atoms with Gasteiger partial charge in [0, 0.05) is 30.1 Å². The van der Waals surface area contributed by atoms with Gasteiger partial charge in [0.25, 0.3) is 5.91 Å². The van der Waals surface area contributed by atoms with E-state index in [4.69, 9.17) is 21.1 Å². The molecule has 1 atom stereocenters. The van der Waals surface area contributed by atoms with Crippen LogP contribution in [0.25, 0.3) is 0 Å². The smallest absolute Gasteiger partial charge is 0.310 e. The number of methoxy groups -OCH3 is 1. The molecule has 1 fully saturated rings. The van der Waals surface area contributed by atoms with Gasteiger partial charge >= 0.3 is 5.69 Å². The zero-order valence-electron chi connectivity index (χ0n) is 11.5. The summed E-state index contributed by atoms with van der Waals surface area (Å²) in [4.78, 5) is 24.4. The van der Waals surface area contributed by atoms with Crippen molar-refractivity contribution in [2.45, 2.75) is 6.04 Å². The van der Waals surface area contributed by atoms with Gasteiger partial charge in [-0.15, -0.1) is 11.6 Å². The molecule has 1 aromatic rings. The molecule has 21 heavy (non-hydrogen) atoms. The summed E-state index contributed by atoms with van der Waals surface area (Å²) in [6.07, 6.45) is 0. The fourth-order valence-corrected chi connectivity index (χ4v) is 2.43. The van der Waals surface area contributed by atoms with E-state index in [2.05, 4.69) is 0 Å². The number of amides is 1. The van der Waals surface area contributed by atoms with Gasteiger partial charge in [0.2, 0.25) is 0 Å². The summed E-state index contributed by atoms with van der Waals surface area (Å²) in [6.45, 7) is 1.28. The Labute approximate surface area is 126 Å². The summed E-state index contributed by atoms with van der Waals surface area (Å²) in [7, 11) is 1.33. The van der Waals surface area contributed by atoms with Gasteiger partial charge in [-0.25, -0.2) is 0 Å². The number of rotatable bonds is 4. The zero-order chi connectivity index (χ0) is 15.4. The van der Waals surface area contributed by atoms with E-state index in [0.29, 0.717) is 25.3 Å². The molecule has 7 nitrogen and oxygen atoms in total. The molecule has 0 radical (unpaired) electrons. The Morgan fingerprint density at radius 2 is 2.38 bits per heavy atom. The first-order valence-electron chi connectivity index (χ1n) is 6.35. The Morgan fingerprint density at radius 1 is 1.62 bits per heavy atom. The van der Waals surface area contributed by atoms with Gasteiger partial charge in [0.1, 0.15) is 0 Å². The van der Waals surface area contributed by atoms with Gasteiger partial charge in [-0.2, -0.15) is 0 Å². The number of benzene rings is 1. The Hall–Kier alpha value is -1.86. The minimum Gasteiger partial charge on any atom is -0.490 e. The molecule has 2 rings (SSSR count). The summed E-state index contributed by atoms with van der Waals surface area (Å²) < 4.78 is 10.3. The highest BCUT2D eigenvalue weighted by molar-refractivity contribution is 6.18. The minimum absolute atomic E-state index is 0.0570. The van der Waals surface area contributed by atoms with Crippen molar-refractivity contribution in [1.29, 1.82) is 0 Å². The lowest BCUT2D eigenvalue weighted by molar-refractivity contribution is -0.385. The Bertz CT molecular complexity index is 551. The molecule has 0 bridgehead atoms. The highest BCUT2D eigenvalue weighted by Gasteiger charge is 2.28. The molecule has 0 saturated carbocycles. The number of halogens is 1. The van der Waals surface area contributed by atoms with Crippen molar-refractivity contribution < 1.29 is 19.2 Å². The lowest BCUT2D eigenvalue weighted by atomic mass is 10.1. The second kappa shape index (κ2) is 6.73. The summed E-state index contributed by atoms with van der Waals surface area (Å²) in [6, 6.07) is 3.86. The van der Waals surface area contributed by atoms with E-state index in [0.717, 1.165) is 0 Å². The topological polar surface area (TPSA) is 81.9 Å². The van der Waals surface area contributed by atoms with Crippen LogP contribution in [0.1, 0.15) is 10.4 Å². The summed E-state index contributed by atoms with van der Waals surface area (Å²) in [5, 5.41) is 10.9. The van der Waals surface area contributed by atoms with E-state index in [1.165, 1.54) is 25.3 Å². The number of nitro groups is 1. The number of carbonyl (C=O) groups excluding carboxylic acids is 1. The second-order valence-electron chi connectivity index (χ2n) is 4.53. The Balaban J connectivity index is 2.28. The van der Waals surface area contributed by atoms with Crippen LogP contribution in [0.3, 0.4) is 0 Å². The third-order valence-electron chi connectivity index (χ3n) is 3.29. The number of nitrogens with zero attached hydrogens (tertiary/aromatic N) is 2. The van der Waals surface area contributed by atoms with E-state index in [-0.39, 0.29) is 29.3 Å². The molecule has 1 saturated heterocycles. The molecule has 8 heteroatoms. The van der Waals surface area contributed by atoms with Crippen LogP contribution in [-0.4, -0.2) is 54.5 Å². The predicted octanol–water partition coefficient (Wildman–Crippen LogP) is 1.68. The fourth-order valence-electron chi connectivity index (χ4n) is 2.18. The monoisotopic (exact) mass is 314 g/mol. The molecule has 0 aliphatic carbocycles. The lowest BCUT2D eigenvalue weighted by Crippen LogP contribution is -2.49. The van der Waals surface area contributed by atoms with Gasteiger partial charge in [0.05, 0.1) is 31.3 Å². The first kappa shape index (κ1) is 15.5. The number of morpholine rings is 1. The Morgan fingerprint density at radius 3 is 3.00 bits per heavy atom. The molecule has 0 N–H and O–H groups in total.